The topological polar surface area (TPSA) is 59.1 Å². The van der Waals surface area contributed by atoms with E-state index in [1.54, 1.807) is 14.1 Å². The number of amides is 2. The molecule has 20 heavy (non-hydrogen) atoms. The fourth-order valence-corrected chi connectivity index (χ4v) is 2.79. The number of hydrogen-bond donors (Lipinski definition) is 0. The molecule has 116 valence electrons. The first kappa shape index (κ1) is 16.9. The Morgan fingerprint density at radius 2 is 1.30 bits per heavy atom. The monoisotopic (exact) mass is 286 g/mol. The van der Waals surface area contributed by atoms with Crippen LogP contribution in [0.1, 0.15) is 44.9 Å². The molecule has 0 saturated heterocycles. The summed E-state index contributed by atoms with van der Waals surface area (Å²) in [4.78, 5) is 34.1. The van der Waals surface area contributed by atoms with E-state index < -0.39 is 0 Å². The first-order chi connectivity index (χ1) is 9.44. The van der Waals surface area contributed by atoms with Crippen LogP contribution in [-0.4, -0.2) is 50.3 Å². The van der Waals surface area contributed by atoms with Gasteiger partial charge in [-0.3, -0.25) is 19.3 Å². The Hall–Kier alpha value is -1.14. The lowest BCUT2D eigenvalue weighted by atomic mass is 9.69. The number of hydrogen-bond acceptors (Lipinski definition) is 4. The van der Waals surface area contributed by atoms with E-state index >= 15 is 0 Å². The van der Waals surface area contributed by atoms with Crippen molar-refractivity contribution in [1.82, 2.24) is 10.1 Å². The Morgan fingerprint density at radius 3 is 1.65 bits per heavy atom. The van der Waals surface area contributed by atoms with Crippen LogP contribution >= 0.6 is 0 Å². The van der Waals surface area contributed by atoms with Gasteiger partial charge < -0.3 is 0 Å². The molecule has 0 heterocycles. The molecule has 2 amide bonds. The van der Waals surface area contributed by atoms with Crippen molar-refractivity contribution < 1.29 is 19.3 Å². The molecule has 1 fully saturated rings. The Balaban J connectivity index is 2.76. The maximum absolute atomic E-state index is 12.1. The van der Waals surface area contributed by atoms with Crippen LogP contribution < -0.4 is 0 Å². The van der Waals surface area contributed by atoms with Crippen molar-refractivity contribution in [2.75, 3.05) is 28.3 Å². The average molecular weight is 286 g/mol. The second-order valence-electron chi connectivity index (χ2n) is 5.56. The Morgan fingerprint density at radius 1 is 0.900 bits per heavy atom. The second-order valence-corrected chi connectivity index (χ2v) is 5.56. The summed E-state index contributed by atoms with van der Waals surface area (Å²) in [6, 6.07) is 0. The largest absolute Gasteiger partial charge is 0.275 e. The third-order valence-corrected chi connectivity index (χ3v) is 4.22. The van der Waals surface area contributed by atoms with Gasteiger partial charge in [-0.25, -0.2) is 10.1 Å². The third-order valence-electron chi connectivity index (χ3n) is 4.22. The molecule has 6 nitrogen and oxygen atoms in total. The quantitative estimate of drug-likeness (QED) is 0.698. The van der Waals surface area contributed by atoms with Crippen LogP contribution in [0.15, 0.2) is 0 Å². The zero-order valence-electron chi connectivity index (χ0n) is 13.0. The number of rotatable bonds is 6. The maximum Gasteiger partial charge on any atom is 0.246 e. The van der Waals surface area contributed by atoms with Gasteiger partial charge in [-0.2, -0.15) is 0 Å². The molecule has 1 aliphatic rings. The number of nitrogens with zero attached hydrogens (tertiary/aromatic N) is 2. The molecule has 0 radical (unpaired) electrons. The van der Waals surface area contributed by atoms with Crippen molar-refractivity contribution in [2.45, 2.75) is 44.9 Å². The van der Waals surface area contributed by atoms with Crippen molar-refractivity contribution in [1.29, 1.82) is 0 Å². The van der Waals surface area contributed by atoms with E-state index in [9.17, 15) is 9.59 Å². The number of hydroxylamine groups is 4. The van der Waals surface area contributed by atoms with E-state index in [0.717, 1.165) is 25.7 Å². The lowest BCUT2D eigenvalue weighted by molar-refractivity contribution is -0.176. The molecule has 0 atom stereocenters. The highest BCUT2D eigenvalue weighted by Gasteiger charge is 2.38. The van der Waals surface area contributed by atoms with E-state index in [4.69, 9.17) is 9.68 Å². The fourth-order valence-electron chi connectivity index (χ4n) is 2.79. The Labute approximate surface area is 120 Å². The van der Waals surface area contributed by atoms with Crippen molar-refractivity contribution in [3.05, 3.63) is 0 Å². The fraction of sp³-hybridized carbons (Fsp3) is 0.857. The van der Waals surface area contributed by atoms with Crippen molar-refractivity contribution in [3.63, 3.8) is 0 Å². The van der Waals surface area contributed by atoms with Crippen LogP contribution in [0.2, 0.25) is 0 Å². The standard InChI is InChI=1S/C14H26N2O4/c1-15(19-3)12(17)10-14(8-6-5-7-9-14)11-13(18)16(2)20-4/h5-11H2,1-4H3. The SMILES string of the molecule is CON(C)C(=O)CC1(CC(=O)N(C)OC)CCCCC1. The molecule has 1 saturated carbocycles. The van der Waals surface area contributed by atoms with Gasteiger partial charge in [0.1, 0.15) is 0 Å². The first-order valence-corrected chi connectivity index (χ1v) is 7.05. The highest BCUT2D eigenvalue weighted by molar-refractivity contribution is 5.79. The molecule has 1 aliphatic carbocycles. The second kappa shape index (κ2) is 7.59. The highest BCUT2D eigenvalue weighted by atomic mass is 16.7. The normalized spacial score (nSPS) is 17.6. The third kappa shape index (κ3) is 4.45. The van der Waals surface area contributed by atoms with Crippen LogP contribution in [0.5, 0.6) is 0 Å². The van der Waals surface area contributed by atoms with Crippen LogP contribution in [-0.2, 0) is 19.3 Å². The minimum Gasteiger partial charge on any atom is -0.275 e. The summed E-state index contributed by atoms with van der Waals surface area (Å²) in [5, 5.41) is 2.47. The smallest absolute Gasteiger partial charge is 0.246 e. The van der Waals surface area contributed by atoms with Crippen molar-refractivity contribution >= 4 is 11.8 Å². The van der Waals surface area contributed by atoms with Crippen LogP contribution in [0, 0.1) is 5.41 Å². The highest BCUT2D eigenvalue weighted by Crippen LogP contribution is 2.43. The van der Waals surface area contributed by atoms with E-state index in [1.807, 2.05) is 0 Å². The predicted molar refractivity (Wildman–Crippen MR) is 74.3 cm³/mol. The maximum atomic E-state index is 12.1. The molecule has 0 N–H and O–H groups in total. The van der Waals surface area contributed by atoms with E-state index in [0.29, 0.717) is 12.8 Å². The summed E-state index contributed by atoms with van der Waals surface area (Å²) in [5.41, 5.74) is -0.258. The number of carbonyl (C=O) groups is 2. The molecular formula is C14H26N2O4. The molecular weight excluding hydrogens is 260 g/mol. The van der Waals surface area contributed by atoms with Crippen LogP contribution in [0.4, 0.5) is 0 Å². The van der Waals surface area contributed by atoms with Crippen LogP contribution in [0.25, 0.3) is 0 Å². The molecule has 0 bridgehead atoms. The van der Waals surface area contributed by atoms with Crippen LogP contribution in [0.3, 0.4) is 0 Å². The predicted octanol–water partition coefficient (Wildman–Crippen LogP) is 1.76. The van der Waals surface area contributed by atoms with Gasteiger partial charge in [0, 0.05) is 26.9 Å². The molecule has 6 heteroatoms. The van der Waals surface area contributed by atoms with Gasteiger partial charge in [0.15, 0.2) is 0 Å². The lowest BCUT2D eigenvalue weighted by Crippen LogP contribution is -2.38. The number of carbonyl (C=O) groups excluding carboxylic acids is 2. The lowest BCUT2D eigenvalue weighted by Gasteiger charge is -2.37. The van der Waals surface area contributed by atoms with E-state index in [-0.39, 0.29) is 17.2 Å². The summed E-state index contributed by atoms with van der Waals surface area (Å²) in [5.74, 6) is -0.162. The molecule has 1 rings (SSSR count). The minimum atomic E-state index is -0.258. The zero-order chi connectivity index (χ0) is 15.2. The van der Waals surface area contributed by atoms with Crippen molar-refractivity contribution in [3.8, 4) is 0 Å². The summed E-state index contributed by atoms with van der Waals surface area (Å²) >= 11 is 0. The molecule has 0 aromatic carbocycles. The average Bonchev–Trinajstić information content (AvgIpc) is 2.45. The van der Waals surface area contributed by atoms with Gasteiger partial charge in [-0.05, 0) is 18.3 Å². The van der Waals surface area contributed by atoms with E-state index in [1.165, 1.54) is 30.8 Å². The van der Waals surface area contributed by atoms with Gasteiger partial charge in [-0.15, -0.1) is 0 Å². The Bertz CT molecular complexity index is 314. The molecule has 0 spiro atoms. The minimum absolute atomic E-state index is 0.0812. The Kier molecular flexibility index (Phi) is 6.42. The summed E-state index contributed by atoms with van der Waals surface area (Å²) < 4.78 is 0. The van der Waals surface area contributed by atoms with Gasteiger partial charge >= 0.3 is 0 Å². The molecule has 0 aromatic heterocycles. The summed E-state index contributed by atoms with van der Waals surface area (Å²) in [6.07, 6.45) is 5.80. The summed E-state index contributed by atoms with van der Waals surface area (Å²) in [6.45, 7) is 0. The van der Waals surface area contributed by atoms with Gasteiger partial charge in [0.2, 0.25) is 11.8 Å². The van der Waals surface area contributed by atoms with Gasteiger partial charge in [-0.1, -0.05) is 19.3 Å². The van der Waals surface area contributed by atoms with Gasteiger partial charge in [0.25, 0.3) is 0 Å². The van der Waals surface area contributed by atoms with E-state index in [2.05, 4.69) is 0 Å². The zero-order valence-corrected chi connectivity index (χ0v) is 13.0. The molecule has 0 aliphatic heterocycles. The summed E-state index contributed by atoms with van der Waals surface area (Å²) in [7, 11) is 6.13. The van der Waals surface area contributed by atoms with Gasteiger partial charge in [0.05, 0.1) is 14.2 Å². The molecule has 0 unspecified atom stereocenters. The van der Waals surface area contributed by atoms with Crippen molar-refractivity contribution in [2.24, 2.45) is 5.41 Å². The first-order valence-electron chi connectivity index (χ1n) is 7.05. The molecule has 0 aromatic rings.